The lowest BCUT2D eigenvalue weighted by molar-refractivity contribution is 0.607. The van der Waals surface area contributed by atoms with E-state index in [1.807, 2.05) is 12.1 Å². The molecule has 0 saturated carbocycles. The van der Waals surface area contributed by atoms with Crippen LogP contribution < -0.4 is 4.72 Å². The van der Waals surface area contributed by atoms with E-state index in [1.165, 1.54) is 5.56 Å². The summed E-state index contributed by atoms with van der Waals surface area (Å²) in [6, 6.07) is 7.48. The zero-order valence-corrected chi connectivity index (χ0v) is 10.1. The molecule has 4 heteroatoms. The van der Waals surface area contributed by atoms with Crippen molar-refractivity contribution in [1.82, 2.24) is 0 Å². The van der Waals surface area contributed by atoms with Gasteiger partial charge < -0.3 is 0 Å². The van der Waals surface area contributed by atoms with Gasteiger partial charge in [0.1, 0.15) is 0 Å². The Kier molecular flexibility index (Phi) is 3.74. The van der Waals surface area contributed by atoms with E-state index in [-0.39, 0.29) is 0 Å². The van der Waals surface area contributed by atoms with E-state index in [4.69, 9.17) is 0 Å². The summed E-state index contributed by atoms with van der Waals surface area (Å²) < 4.78 is 24.3. The minimum Gasteiger partial charge on any atom is -0.284 e. The first-order chi connectivity index (χ1) is 6.87. The number of hydrogen-bond donors (Lipinski definition) is 1. The minimum absolute atomic E-state index is 0.610. The van der Waals surface area contributed by atoms with Gasteiger partial charge in [0.15, 0.2) is 0 Å². The predicted molar refractivity (Wildman–Crippen MR) is 63.5 cm³/mol. The van der Waals surface area contributed by atoms with Crippen LogP contribution in [-0.4, -0.2) is 14.7 Å². The van der Waals surface area contributed by atoms with Crippen LogP contribution in [0.2, 0.25) is 0 Å². The molecule has 0 saturated heterocycles. The lowest BCUT2D eigenvalue weighted by atomic mass is 10.0. The van der Waals surface area contributed by atoms with Crippen LogP contribution in [0.5, 0.6) is 0 Å². The summed E-state index contributed by atoms with van der Waals surface area (Å²) in [7, 11) is -3.16. The lowest BCUT2D eigenvalue weighted by Crippen LogP contribution is -2.09. The average Bonchev–Trinajstić information content (AvgIpc) is 2.05. The second-order valence-electron chi connectivity index (χ2n) is 4.17. The molecular weight excluding hydrogens is 210 g/mol. The van der Waals surface area contributed by atoms with Crippen molar-refractivity contribution in [3.8, 4) is 0 Å². The molecule has 0 atom stereocenters. The van der Waals surface area contributed by atoms with Crippen LogP contribution in [-0.2, 0) is 16.4 Å². The van der Waals surface area contributed by atoms with Gasteiger partial charge in [0.2, 0.25) is 10.0 Å². The molecule has 0 bridgehead atoms. The number of sulfonamides is 1. The van der Waals surface area contributed by atoms with Gasteiger partial charge >= 0.3 is 0 Å². The zero-order valence-electron chi connectivity index (χ0n) is 9.32. The molecule has 0 aliphatic carbocycles. The first-order valence-electron chi connectivity index (χ1n) is 4.93. The second-order valence-corrected chi connectivity index (χ2v) is 5.92. The van der Waals surface area contributed by atoms with Crippen molar-refractivity contribution in [2.75, 3.05) is 11.0 Å². The predicted octanol–water partition coefficient (Wildman–Crippen LogP) is 2.26. The van der Waals surface area contributed by atoms with Crippen molar-refractivity contribution in [3.63, 3.8) is 0 Å². The third-order valence-electron chi connectivity index (χ3n) is 1.90. The normalized spacial score (nSPS) is 11.7. The van der Waals surface area contributed by atoms with Gasteiger partial charge in [0, 0.05) is 5.69 Å². The van der Waals surface area contributed by atoms with Gasteiger partial charge in [-0.2, -0.15) is 0 Å². The molecule has 0 spiro atoms. The molecule has 1 rings (SSSR count). The Bertz CT molecular complexity index is 407. The van der Waals surface area contributed by atoms with Crippen LogP contribution in [0, 0.1) is 5.92 Å². The molecule has 1 aromatic carbocycles. The Balaban J connectivity index is 2.73. The highest BCUT2D eigenvalue weighted by Crippen LogP contribution is 2.13. The van der Waals surface area contributed by atoms with E-state index in [1.54, 1.807) is 12.1 Å². The van der Waals surface area contributed by atoms with Crippen LogP contribution in [0.25, 0.3) is 0 Å². The van der Waals surface area contributed by atoms with Crippen LogP contribution in [0.15, 0.2) is 24.3 Å². The quantitative estimate of drug-likeness (QED) is 0.857. The molecule has 1 aromatic rings. The van der Waals surface area contributed by atoms with E-state index in [0.717, 1.165) is 12.7 Å². The molecule has 0 fully saturated rings. The first kappa shape index (κ1) is 12.0. The topological polar surface area (TPSA) is 46.2 Å². The maximum absolute atomic E-state index is 11.0. The standard InChI is InChI=1S/C11H17NO2S/c1-9(2)8-10-4-6-11(7-5-10)12-15(3,13)14/h4-7,9,12H,8H2,1-3H3. The van der Waals surface area contributed by atoms with Crippen molar-refractivity contribution in [1.29, 1.82) is 0 Å². The van der Waals surface area contributed by atoms with Gasteiger partial charge in [-0.1, -0.05) is 26.0 Å². The summed E-state index contributed by atoms with van der Waals surface area (Å²) in [6.45, 7) is 4.31. The van der Waals surface area contributed by atoms with Crippen molar-refractivity contribution in [2.45, 2.75) is 20.3 Å². The van der Waals surface area contributed by atoms with Gasteiger partial charge in [-0.15, -0.1) is 0 Å². The van der Waals surface area contributed by atoms with Crippen molar-refractivity contribution in [3.05, 3.63) is 29.8 Å². The Morgan fingerprint density at radius 3 is 2.13 bits per heavy atom. The molecule has 0 amide bonds. The van der Waals surface area contributed by atoms with Crippen molar-refractivity contribution >= 4 is 15.7 Å². The van der Waals surface area contributed by atoms with E-state index >= 15 is 0 Å². The summed E-state index contributed by atoms with van der Waals surface area (Å²) in [5.41, 5.74) is 1.84. The van der Waals surface area contributed by atoms with E-state index in [0.29, 0.717) is 11.6 Å². The summed E-state index contributed by atoms with van der Waals surface area (Å²) in [5.74, 6) is 0.610. The third kappa shape index (κ3) is 4.83. The highest BCUT2D eigenvalue weighted by atomic mass is 32.2. The molecule has 0 aliphatic heterocycles. The highest BCUT2D eigenvalue weighted by molar-refractivity contribution is 7.92. The molecule has 1 N–H and O–H groups in total. The maximum atomic E-state index is 11.0. The van der Waals surface area contributed by atoms with Gasteiger partial charge in [-0.3, -0.25) is 4.72 Å². The number of anilines is 1. The fraction of sp³-hybridized carbons (Fsp3) is 0.455. The number of nitrogens with one attached hydrogen (secondary N) is 1. The molecule has 0 unspecified atom stereocenters. The monoisotopic (exact) mass is 227 g/mol. The van der Waals surface area contributed by atoms with Crippen molar-refractivity contribution in [2.24, 2.45) is 5.92 Å². The van der Waals surface area contributed by atoms with E-state index in [2.05, 4.69) is 18.6 Å². The van der Waals surface area contributed by atoms with Gasteiger partial charge in [0.25, 0.3) is 0 Å². The summed E-state index contributed by atoms with van der Waals surface area (Å²) in [5, 5.41) is 0. The van der Waals surface area contributed by atoms with Gasteiger partial charge in [0.05, 0.1) is 6.26 Å². The molecule has 0 heterocycles. The third-order valence-corrected chi connectivity index (χ3v) is 2.51. The fourth-order valence-electron chi connectivity index (χ4n) is 1.39. The molecule has 15 heavy (non-hydrogen) atoms. The van der Waals surface area contributed by atoms with Crippen LogP contribution in [0.4, 0.5) is 5.69 Å². The Morgan fingerprint density at radius 1 is 1.20 bits per heavy atom. The smallest absolute Gasteiger partial charge is 0.229 e. The molecule has 0 aliphatic rings. The lowest BCUT2D eigenvalue weighted by Gasteiger charge is -2.07. The SMILES string of the molecule is CC(C)Cc1ccc(NS(C)(=O)=O)cc1. The van der Waals surface area contributed by atoms with Crippen LogP contribution in [0.3, 0.4) is 0 Å². The number of hydrogen-bond acceptors (Lipinski definition) is 2. The van der Waals surface area contributed by atoms with E-state index in [9.17, 15) is 8.42 Å². The van der Waals surface area contributed by atoms with E-state index < -0.39 is 10.0 Å². The minimum atomic E-state index is -3.16. The highest BCUT2D eigenvalue weighted by Gasteiger charge is 2.02. The van der Waals surface area contributed by atoms with Gasteiger partial charge in [-0.05, 0) is 30.0 Å². The van der Waals surface area contributed by atoms with Crippen LogP contribution >= 0.6 is 0 Å². The fourth-order valence-corrected chi connectivity index (χ4v) is 1.96. The number of benzene rings is 1. The zero-order chi connectivity index (χ0) is 11.5. The number of rotatable bonds is 4. The maximum Gasteiger partial charge on any atom is 0.229 e. The van der Waals surface area contributed by atoms with Gasteiger partial charge in [-0.25, -0.2) is 8.42 Å². The molecule has 0 radical (unpaired) electrons. The summed E-state index contributed by atoms with van der Waals surface area (Å²) in [4.78, 5) is 0. The molecule has 0 aromatic heterocycles. The Morgan fingerprint density at radius 2 is 1.73 bits per heavy atom. The molecule has 3 nitrogen and oxygen atoms in total. The summed E-state index contributed by atoms with van der Waals surface area (Å²) in [6.07, 6.45) is 2.16. The molecule has 84 valence electrons. The largest absolute Gasteiger partial charge is 0.284 e. The Hall–Kier alpha value is -1.03. The first-order valence-corrected chi connectivity index (χ1v) is 6.82. The second kappa shape index (κ2) is 4.66. The van der Waals surface area contributed by atoms with Crippen LogP contribution in [0.1, 0.15) is 19.4 Å². The molecular formula is C11H17NO2S. The average molecular weight is 227 g/mol. The summed E-state index contributed by atoms with van der Waals surface area (Å²) >= 11 is 0. The Labute approximate surface area is 91.6 Å². The van der Waals surface area contributed by atoms with Crippen molar-refractivity contribution < 1.29 is 8.42 Å².